The summed E-state index contributed by atoms with van der Waals surface area (Å²) in [5, 5.41) is 20.5. The van der Waals surface area contributed by atoms with E-state index in [1.54, 1.807) is 6.92 Å². The van der Waals surface area contributed by atoms with Crippen LogP contribution in [0.4, 0.5) is 4.79 Å². The highest BCUT2D eigenvalue weighted by molar-refractivity contribution is 5.87. The molecule has 33 heavy (non-hydrogen) atoms. The van der Waals surface area contributed by atoms with Crippen LogP contribution >= 0.6 is 0 Å². The molecule has 8 nitrogen and oxygen atoms in total. The molecule has 1 aromatic heterocycles. The third kappa shape index (κ3) is 5.74. The molecule has 0 spiro atoms. The quantitative estimate of drug-likeness (QED) is 0.380. The number of carbonyl (C=O) groups excluding carboxylic acids is 1. The first-order chi connectivity index (χ1) is 16.0. The number of carbonyl (C=O) groups is 2. The molecule has 3 N–H and O–H groups in total. The molecule has 0 unspecified atom stereocenters. The monoisotopic (exact) mass is 444 g/mol. The molecule has 4 rings (SSSR count). The fourth-order valence-corrected chi connectivity index (χ4v) is 3.74. The van der Waals surface area contributed by atoms with Crippen LogP contribution in [-0.2, 0) is 17.6 Å². The Kier molecular flexibility index (Phi) is 6.64. The van der Waals surface area contributed by atoms with Gasteiger partial charge in [0.1, 0.15) is 12.1 Å². The molecule has 2 atom stereocenters. The third-order valence-corrected chi connectivity index (χ3v) is 5.31. The van der Waals surface area contributed by atoms with Crippen molar-refractivity contribution in [1.29, 1.82) is 0 Å². The number of amides is 2. The predicted octanol–water partition coefficient (Wildman–Crippen LogP) is 3.81. The number of aromatic nitrogens is 2. The van der Waals surface area contributed by atoms with Crippen LogP contribution in [0.2, 0.25) is 0 Å². The highest BCUT2D eigenvalue weighted by Crippen LogP contribution is 2.19. The lowest BCUT2D eigenvalue weighted by Gasteiger charge is -2.21. The van der Waals surface area contributed by atoms with Gasteiger partial charge >= 0.3 is 6.09 Å². The zero-order valence-electron chi connectivity index (χ0n) is 18.1. The van der Waals surface area contributed by atoms with Gasteiger partial charge in [0.05, 0.1) is 0 Å². The zero-order chi connectivity index (χ0) is 23.2. The molecule has 1 heterocycles. The standard InChI is InChI=1S/C25H24N4O4/c1-16-26-24(33-29-16)22(14-17-7-3-2-4-8-17)27-23(30)21(28-25(31)32)15-18-11-12-19-9-5-6-10-20(19)13-18/h2-13,21-22,28H,14-15H2,1H3,(H,27,30)(H,31,32)/t21-,22-/m1/s1. The summed E-state index contributed by atoms with van der Waals surface area (Å²) >= 11 is 0. The minimum Gasteiger partial charge on any atom is -0.465 e. The Morgan fingerprint density at radius 3 is 2.33 bits per heavy atom. The number of nitrogens with zero attached hydrogens (tertiary/aromatic N) is 2. The SMILES string of the molecule is Cc1noc([C@@H](Cc2ccccc2)NC(=O)[C@@H](Cc2ccc3ccccc3c2)NC(=O)O)n1. The van der Waals surface area contributed by atoms with E-state index in [0.29, 0.717) is 12.2 Å². The van der Waals surface area contributed by atoms with E-state index in [9.17, 15) is 14.7 Å². The Morgan fingerprint density at radius 2 is 1.64 bits per heavy atom. The van der Waals surface area contributed by atoms with Crippen LogP contribution in [0.25, 0.3) is 10.8 Å². The molecule has 4 aromatic rings. The Balaban J connectivity index is 1.56. The fourth-order valence-electron chi connectivity index (χ4n) is 3.74. The predicted molar refractivity (Wildman–Crippen MR) is 123 cm³/mol. The molecule has 8 heteroatoms. The smallest absolute Gasteiger partial charge is 0.405 e. The Bertz CT molecular complexity index is 1260. The topological polar surface area (TPSA) is 117 Å². The molecule has 0 aliphatic heterocycles. The molecule has 0 saturated carbocycles. The molecule has 3 aromatic carbocycles. The fraction of sp³-hybridized carbons (Fsp3) is 0.200. The van der Waals surface area contributed by atoms with Crippen LogP contribution in [0.1, 0.15) is 28.9 Å². The maximum absolute atomic E-state index is 13.2. The van der Waals surface area contributed by atoms with Crippen LogP contribution in [0, 0.1) is 6.92 Å². The lowest BCUT2D eigenvalue weighted by molar-refractivity contribution is -0.124. The summed E-state index contributed by atoms with van der Waals surface area (Å²) in [6.07, 6.45) is -0.655. The van der Waals surface area contributed by atoms with Crippen molar-refractivity contribution < 1.29 is 19.2 Å². The van der Waals surface area contributed by atoms with Crippen LogP contribution in [0.15, 0.2) is 77.3 Å². The second kappa shape index (κ2) is 9.95. The Morgan fingerprint density at radius 1 is 0.909 bits per heavy atom. The van der Waals surface area contributed by atoms with Gasteiger partial charge in [0.25, 0.3) is 0 Å². The minimum atomic E-state index is -1.27. The first kappa shape index (κ1) is 22.0. The lowest BCUT2D eigenvalue weighted by atomic mass is 10.0. The minimum absolute atomic E-state index is 0.198. The van der Waals surface area contributed by atoms with Crippen LogP contribution < -0.4 is 10.6 Å². The average Bonchev–Trinajstić information content (AvgIpc) is 3.25. The Hall–Kier alpha value is -4.20. The second-order valence-corrected chi connectivity index (χ2v) is 7.82. The summed E-state index contributed by atoms with van der Waals surface area (Å²) in [4.78, 5) is 28.9. The number of benzene rings is 3. The molecular formula is C25H24N4O4. The number of hydrogen-bond donors (Lipinski definition) is 3. The highest BCUT2D eigenvalue weighted by Gasteiger charge is 2.27. The van der Waals surface area contributed by atoms with Crippen molar-refractivity contribution in [2.45, 2.75) is 31.8 Å². The van der Waals surface area contributed by atoms with Gasteiger partial charge in [-0.05, 0) is 28.8 Å². The van der Waals surface area contributed by atoms with Crippen LogP contribution in [0.5, 0.6) is 0 Å². The van der Waals surface area contributed by atoms with Crippen molar-refractivity contribution >= 4 is 22.8 Å². The first-order valence-corrected chi connectivity index (χ1v) is 10.6. The van der Waals surface area contributed by atoms with E-state index in [1.807, 2.05) is 72.8 Å². The molecule has 0 aliphatic rings. The first-order valence-electron chi connectivity index (χ1n) is 10.6. The third-order valence-electron chi connectivity index (χ3n) is 5.31. The van der Waals surface area contributed by atoms with Crippen molar-refractivity contribution in [1.82, 2.24) is 20.8 Å². The van der Waals surface area contributed by atoms with Crippen molar-refractivity contribution in [3.63, 3.8) is 0 Å². The van der Waals surface area contributed by atoms with E-state index >= 15 is 0 Å². The van der Waals surface area contributed by atoms with Gasteiger partial charge in [-0.25, -0.2) is 4.79 Å². The summed E-state index contributed by atoms with van der Waals surface area (Å²) in [6.45, 7) is 1.70. The second-order valence-electron chi connectivity index (χ2n) is 7.82. The van der Waals surface area contributed by atoms with Crippen LogP contribution in [-0.4, -0.2) is 33.3 Å². The number of rotatable bonds is 8. The number of carboxylic acid groups (broad SMARTS) is 1. The highest BCUT2D eigenvalue weighted by atomic mass is 16.5. The zero-order valence-corrected chi connectivity index (χ0v) is 18.1. The molecule has 0 saturated heterocycles. The van der Waals surface area contributed by atoms with Gasteiger partial charge in [-0.1, -0.05) is 78.0 Å². The maximum Gasteiger partial charge on any atom is 0.405 e. The molecule has 0 fully saturated rings. The molecule has 0 radical (unpaired) electrons. The van der Waals surface area contributed by atoms with Crippen molar-refractivity contribution in [2.75, 3.05) is 0 Å². The van der Waals surface area contributed by atoms with Crippen molar-refractivity contribution in [2.24, 2.45) is 0 Å². The lowest BCUT2D eigenvalue weighted by Crippen LogP contribution is -2.48. The van der Waals surface area contributed by atoms with Crippen molar-refractivity contribution in [3.05, 3.63) is 95.6 Å². The largest absolute Gasteiger partial charge is 0.465 e. The summed E-state index contributed by atoms with van der Waals surface area (Å²) in [6, 6.07) is 21.7. The normalized spacial score (nSPS) is 12.8. The van der Waals surface area contributed by atoms with E-state index in [0.717, 1.165) is 21.9 Å². The van der Waals surface area contributed by atoms with E-state index in [-0.39, 0.29) is 12.3 Å². The van der Waals surface area contributed by atoms with E-state index in [4.69, 9.17) is 4.52 Å². The van der Waals surface area contributed by atoms with Crippen molar-refractivity contribution in [3.8, 4) is 0 Å². The van der Waals surface area contributed by atoms with Crippen LogP contribution in [0.3, 0.4) is 0 Å². The summed E-state index contributed by atoms with van der Waals surface area (Å²) < 4.78 is 5.31. The van der Waals surface area contributed by atoms with E-state index in [2.05, 4.69) is 20.8 Å². The average molecular weight is 444 g/mol. The summed E-state index contributed by atoms with van der Waals surface area (Å²) in [7, 11) is 0. The number of hydrogen-bond acceptors (Lipinski definition) is 5. The number of aryl methyl sites for hydroxylation is 1. The summed E-state index contributed by atoms with van der Waals surface area (Å²) in [5.74, 6) is 0.250. The number of nitrogens with one attached hydrogen (secondary N) is 2. The van der Waals surface area contributed by atoms with Gasteiger partial charge in [-0.3, -0.25) is 4.79 Å². The maximum atomic E-state index is 13.2. The molecule has 0 aliphatic carbocycles. The molecule has 2 amide bonds. The molecular weight excluding hydrogens is 420 g/mol. The van der Waals surface area contributed by atoms with Gasteiger partial charge in [-0.15, -0.1) is 0 Å². The number of fused-ring (bicyclic) bond motifs is 1. The summed E-state index contributed by atoms with van der Waals surface area (Å²) in [5.41, 5.74) is 1.81. The van der Waals surface area contributed by atoms with Gasteiger partial charge in [0, 0.05) is 12.8 Å². The van der Waals surface area contributed by atoms with Gasteiger partial charge in [0.15, 0.2) is 5.82 Å². The van der Waals surface area contributed by atoms with Gasteiger partial charge < -0.3 is 20.3 Å². The van der Waals surface area contributed by atoms with E-state index in [1.165, 1.54) is 0 Å². The van der Waals surface area contributed by atoms with E-state index < -0.39 is 24.1 Å². The Labute approximate surface area is 190 Å². The molecule has 168 valence electrons. The van der Waals surface area contributed by atoms with Gasteiger partial charge in [-0.2, -0.15) is 4.98 Å². The van der Waals surface area contributed by atoms with Gasteiger partial charge in [0.2, 0.25) is 11.8 Å². The molecule has 0 bridgehead atoms.